The molecule has 1 atom stereocenters. The lowest BCUT2D eigenvalue weighted by Crippen LogP contribution is -2.35. The summed E-state index contributed by atoms with van der Waals surface area (Å²) in [7, 11) is -1.17. The van der Waals surface area contributed by atoms with Crippen LogP contribution in [0.5, 0.6) is 0 Å². The number of nitrogens with zero attached hydrogens (tertiary/aromatic N) is 1. The van der Waals surface area contributed by atoms with Crippen molar-refractivity contribution in [3.05, 3.63) is 0 Å². The van der Waals surface area contributed by atoms with E-state index in [1.807, 2.05) is 0 Å². The maximum Gasteiger partial charge on any atom is 0.152 e. The molecule has 0 N–H and O–H groups in total. The zero-order valence-corrected chi connectivity index (χ0v) is 20.9. The molecule has 0 bridgehead atoms. The first-order chi connectivity index (χ1) is 14.3. The van der Waals surface area contributed by atoms with Crippen LogP contribution < -0.4 is 0 Å². The average Bonchev–Trinajstić information content (AvgIpc) is 2.78. The predicted molar refractivity (Wildman–Crippen MR) is 132 cm³/mol. The number of hydrogen-bond acceptors (Lipinski definition) is 1. The van der Waals surface area contributed by atoms with Crippen molar-refractivity contribution in [2.75, 3.05) is 6.16 Å². The minimum atomic E-state index is -1.17. The molecule has 2 aliphatic rings. The number of rotatable bonds is 14. The third kappa shape index (κ3) is 7.84. The van der Waals surface area contributed by atoms with Gasteiger partial charge in [-0.25, -0.2) is 0 Å². The Morgan fingerprint density at radius 1 is 0.690 bits per heavy atom. The van der Waals surface area contributed by atoms with Crippen LogP contribution in [0.15, 0.2) is 0 Å². The molecule has 0 amide bonds. The van der Waals surface area contributed by atoms with E-state index in [-0.39, 0.29) is 0 Å². The van der Waals surface area contributed by atoms with Gasteiger partial charge in [-0.1, -0.05) is 71.1 Å². The molecule has 2 heteroatoms. The van der Waals surface area contributed by atoms with E-state index in [1.165, 1.54) is 135 Å². The van der Waals surface area contributed by atoms with E-state index in [2.05, 4.69) is 19.9 Å². The molecule has 0 radical (unpaired) electrons. The SMILES string of the molecule is CCCCCCCCCCCC[P+](C(C)C#N)(C1CCCCC1)C1CCCCC1. The topological polar surface area (TPSA) is 23.8 Å². The highest BCUT2D eigenvalue weighted by Crippen LogP contribution is 2.75. The van der Waals surface area contributed by atoms with Crippen LogP contribution in [0.4, 0.5) is 0 Å². The van der Waals surface area contributed by atoms with E-state index in [4.69, 9.17) is 0 Å². The second kappa shape index (κ2) is 14.8. The van der Waals surface area contributed by atoms with Gasteiger partial charge in [0.15, 0.2) is 5.66 Å². The van der Waals surface area contributed by atoms with Gasteiger partial charge in [0.05, 0.1) is 17.5 Å². The highest BCUT2D eigenvalue weighted by Gasteiger charge is 2.55. The van der Waals surface area contributed by atoms with E-state index < -0.39 is 7.26 Å². The summed E-state index contributed by atoms with van der Waals surface area (Å²) in [6.07, 6.45) is 30.2. The highest BCUT2D eigenvalue weighted by atomic mass is 31.2. The van der Waals surface area contributed by atoms with Crippen LogP contribution in [-0.4, -0.2) is 23.1 Å². The Hall–Kier alpha value is -0.0800. The fourth-order valence-electron chi connectivity index (χ4n) is 6.59. The normalized spacial score (nSPS) is 20.4. The van der Waals surface area contributed by atoms with E-state index in [0.717, 1.165) is 11.3 Å². The van der Waals surface area contributed by atoms with Crippen LogP contribution in [0.3, 0.4) is 0 Å². The molecule has 29 heavy (non-hydrogen) atoms. The smallest absolute Gasteiger partial charge is 0.152 e. The summed E-state index contributed by atoms with van der Waals surface area (Å²) in [6, 6.07) is 2.84. The monoisotopic (exact) mass is 420 g/mol. The maximum absolute atomic E-state index is 10.1. The van der Waals surface area contributed by atoms with Gasteiger partial charge in [-0.15, -0.1) is 0 Å². The molecule has 2 aliphatic carbocycles. The van der Waals surface area contributed by atoms with Gasteiger partial charge in [0.25, 0.3) is 0 Å². The standard InChI is InChI=1S/C27H51NP/c1-3-4-5-6-7-8-9-10-11-18-23-29(25(2)24-28,26-19-14-12-15-20-26)27-21-16-13-17-22-27/h25-27H,3-23H2,1-2H3/q+1. The number of hydrogen-bond donors (Lipinski definition) is 0. The van der Waals surface area contributed by atoms with Gasteiger partial charge in [-0.05, 0) is 71.1 Å². The largest absolute Gasteiger partial charge is 0.194 e. The highest BCUT2D eigenvalue weighted by molar-refractivity contribution is 7.78. The summed E-state index contributed by atoms with van der Waals surface area (Å²) in [4.78, 5) is 0. The fraction of sp³-hybridized carbons (Fsp3) is 0.963. The van der Waals surface area contributed by atoms with Gasteiger partial charge in [0.1, 0.15) is 6.07 Å². The molecule has 1 unspecified atom stereocenters. The quantitative estimate of drug-likeness (QED) is 0.203. The second-order valence-corrected chi connectivity index (χ2v) is 15.0. The molecule has 0 spiro atoms. The Balaban J connectivity index is 1.87. The van der Waals surface area contributed by atoms with Crippen molar-refractivity contribution in [3.8, 4) is 6.07 Å². The van der Waals surface area contributed by atoms with Crippen molar-refractivity contribution in [2.45, 2.75) is 159 Å². The summed E-state index contributed by atoms with van der Waals surface area (Å²) < 4.78 is 0. The van der Waals surface area contributed by atoms with Gasteiger partial charge < -0.3 is 0 Å². The van der Waals surface area contributed by atoms with E-state index >= 15 is 0 Å². The number of nitriles is 1. The van der Waals surface area contributed by atoms with Crippen molar-refractivity contribution < 1.29 is 0 Å². The molecule has 2 fully saturated rings. The van der Waals surface area contributed by atoms with Crippen LogP contribution in [0.1, 0.15) is 142 Å². The maximum atomic E-state index is 10.1. The van der Waals surface area contributed by atoms with Crippen LogP contribution in [0.2, 0.25) is 0 Å². The van der Waals surface area contributed by atoms with Gasteiger partial charge in [0, 0.05) is 7.26 Å². The Morgan fingerprint density at radius 2 is 1.10 bits per heavy atom. The summed E-state index contributed by atoms with van der Waals surface area (Å²) in [5.74, 6) is 0. The zero-order chi connectivity index (χ0) is 20.8. The Kier molecular flexibility index (Phi) is 12.9. The van der Waals surface area contributed by atoms with Crippen molar-refractivity contribution in [1.29, 1.82) is 5.26 Å². The molecular formula is C27H51NP+. The molecule has 2 saturated carbocycles. The molecule has 168 valence electrons. The third-order valence-corrected chi connectivity index (χ3v) is 14.7. The summed E-state index contributed by atoms with van der Waals surface area (Å²) in [5, 5.41) is 10.1. The summed E-state index contributed by atoms with van der Waals surface area (Å²) >= 11 is 0. The first-order valence-electron chi connectivity index (χ1n) is 13.5. The van der Waals surface area contributed by atoms with Gasteiger partial charge >= 0.3 is 0 Å². The van der Waals surface area contributed by atoms with Crippen LogP contribution in [-0.2, 0) is 0 Å². The van der Waals surface area contributed by atoms with Gasteiger partial charge in [-0.3, -0.25) is 0 Å². The van der Waals surface area contributed by atoms with Gasteiger partial charge in [-0.2, -0.15) is 5.26 Å². The van der Waals surface area contributed by atoms with E-state index in [9.17, 15) is 5.26 Å². The zero-order valence-electron chi connectivity index (χ0n) is 20.0. The first-order valence-corrected chi connectivity index (χ1v) is 15.7. The third-order valence-electron chi connectivity index (χ3n) is 8.32. The molecular weight excluding hydrogens is 369 g/mol. The van der Waals surface area contributed by atoms with Gasteiger partial charge in [0.2, 0.25) is 0 Å². The van der Waals surface area contributed by atoms with Crippen LogP contribution in [0, 0.1) is 11.3 Å². The summed E-state index contributed by atoms with van der Waals surface area (Å²) in [6.45, 7) is 4.64. The molecule has 0 aliphatic heterocycles. The van der Waals surface area contributed by atoms with Crippen LogP contribution in [0.25, 0.3) is 0 Å². The van der Waals surface area contributed by atoms with Crippen molar-refractivity contribution in [2.24, 2.45) is 0 Å². The first kappa shape index (κ1) is 25.2. The lowest BCUT2D eigenvalue weighted by molar-refractivity contribution is 0.474. The second-order valence-electron chi connectivity index (χ2n) is 10.3. The molecule has 0 saturated heterocycles. The van der Waals surface area contributed by atoms with Crippen molar-refractivity contribution in [1.82, 2.24) is 0 Å². The van der Waals surface area contributed by atoms with E-state index in [1.54, 1.807) is 0 Å². The van der Waals surface area contributed by atoms with E-state index in [0.29, 0.717) is 5.66 Å². The lowest BCUT2D eigenvalue weighted by atomic mass is 9.99. The molecule has 0 aromatic rings. The fourth-order valence-corrected chi connectivity index (χ4v) is 13.2. The minimum absolute atomic E-state index is 0.354. The molecule has 1 nitrogen and oxygen atoms in total. The average molecular weight is 421 g/mol. The Bertz CT molecular complexity index is 424. The van der Waals surface area contributed by atoms with Crippen molar-refractivity contribution in [3.63, 3.8) is 0 Å². The molecule has 0 aromatic carbocycles. The molecule has 2 rings (SSSR count). The van der Waals surface area contributed by atoms with Crippen LogP contribution >= 0.6 is 7.26 Å². The number of unbranched alkanes of at least 4 members (excludes halogenated alkanes) is 9. The van der Waals surface area contributed by atoms with Crippen molar-refractivity contribution >= 4 is 7.26 Å². The predicted octanol–water partition coefficient (Wildman–Crippen LogP) is 9.50. The summed E-state index contributed by atoms with van der Waals surface area (Å²) in [5.41, 5.74) is 2.23. The molecule has 0 aromatic heterocycles. The lowest BCUT2D eigenvalue weighted by Gasteiger charge is -2.45. The Labute approximate surface area is 184 Å². The minimum Gasteiger partial charge on any atom is -0.194 e. The Morgan fingerprint density at radius 3 is 1.52 bits per heavy atom. The molecule has 0 heterocycles.